The highest BCUT2D eigenvalue weighted by molar-refractivity contribution is 6.30. The maximum atomic E-state index is 5.92. The molecule has 88 valence electrons. The summed E-state index contributed by atoms with van der Waals surface area (Å²) in [6.45, 7) is 2.30. The molecule has 1 saturated carbocycles. The van der Waals surface area contributed by atoms with Gasteiger partial charge in [-0.25, -0.2) is 0 Å². The van der Waals surface area contributed by atoms with Gasteiger partial charge in [0.2, 0.25) is 0 Å². The van der Waals surface area contributed by atoms with Crippen LogP contribution in [0.5, 0.6) is 0 Å². The van der Waals surface area contributed by atoms with E-state index in [1.165, 1.54) is 44.1 Å². The zero-order chi connectivity index (χ0) is 11.4. The molecule has 0 radical (unpaired) electrons. The highest BCUT2D eigenvalue weighted by Crippen LogP contribution is 2.37. The van der Waals surface area contributed by atoms with Gasteiger partial charge in [0, 0.05) is 5.02 Å². The Morgan fingerprint density at radius 2 is 1.69 bits per heavy atom. The zero-order valence-corrected chi connectivity index (χ0v) is 10.8. The van der Waals surface area contributed by atoms with Crippen molar-refractivity contribution in [2.24, 2.45) is 5.92 Å². The van der Waals surface area contributed by atoms with Gasteiger partial charge < -0.3 is 0 Å². The molecule has 0 aliphatic heterocycles. The van der Waals surface area contributed by atoms with Crippen LogP contribution in [0.3, 0.4) is 0 Å². The normalized spacial score (nSPS) is 25.6. The smallest absolute Gasteiger partial charge is 0.0406 e. The third-order valence-electron chi connectivity index (χ3n) is 3.89. The van der Waals surface area contributed by atoms with Crippen LogP contribution >= 0.6 is 11.6 Å². The van der Waals surface area contributed by atoms with Crippen molar-refractivity contribution in [1.29, 1.82) is 0 Å². The van der Waals surface area contributed by atoms with Crippen molar-refractivity contribution in [2.75, 3.05) is 0 Å². The molecular formula is C15H21Cl. The van der Waals surface area contributed by atoms with Crippen LogP contribution < -0.4 is 0 Å². The van der Waals surface area contributed by atoms with Gasteiger partial charge in [0.05, 0.1) is 0 Å². The summed E-state index contributed by atoms with van der Waals surface area (Å²) in [5, 5.41) is 0.850. The fraction of sp³-hybridized carbons (Fsp3) is 0.600. The van der Waals surface area contributed by atoms with Crippen LogP contribution in [0.2, 0.25) is 5.02 Å². The van der Waals surface area contributed by atoms with E-state index in [2.05, 4.69) is 19.1 Å². The van der Waals surface area contributed by atoms with E-state index in [1.54, 1.807) is 0 Å². The van der Waals surface area contributed by atoms with E-state index in [-0.39, 0.29) is 0 Å². The van der Waals surface area contributed by atoms with E-state index in [4.69, 9.17) is 11.6 Å². The predicted octanol–water partition coefficient (Wildman–Crippen LogP) is 5.41. The summed E-state index contributed by atoms with van der Waals surface area (Å²) >= 11 is 5.92. The minimum Gasteiger partial charge on any atom is -0.0843 e. The van der Waals surface area contributed by atoms with Gasteiger partial charge in [0.1, 0.15) is 0 Å². The Morgan fingerprint density at radius 1 is 1.06 bits per heavy atom. The minimum absolute atomic E-state index is 0.783. The predicted molar refractivity (Wildman–Crippen MR) is 71.1 cm³/mol. The Morgan fingerprint density at radius 3 is 2.25 bits per heavy atom. The van der Waals surface area contributed by atoms with Crippen molar-refractivity contribution in [3.63, 3.8) is 0 Å². The van der Waals surface area contributed by atoms with Crippen molar-refractivity contribution < 1.29 is 0 Å². The number of benzene rings is 1. The molecule has 0 atom stereocenters. The summed E-state index contributed by atoms with van der Waals surface area (Å²) in [5.74, 6) is 1.78. The summed E-state index contributed by atoms with van der Waals surface area (Å²) in [6.07, 6.45) is 8.34. The molecule has 2 rings (SSSR count). The molecule has 0 bridgehead atoms. The average molecular weight is 237 g/mol. The Hall–Kier alpha value is -0.490. The van der Waals surface area contributed by atoms with Crippen molar-refractivity contribution in [3.05, 3.63) is 34.9 Å². The third-order valence-corrected chi connectivity index (χ3v) is 4.14. The third kappa shape index (κ3) is 3.01. The number of rotatable bonds is 3. The molecule has 1 aliphatic carbocycles. The van der Waals surface area contributed by atoms with Crippen LogP contribution in [-0.4, -0.2) is 0 Å². The molecule has 0 nitrogen and oxygen atoms in total. The fourth-order valence-electron chi connectivity index (χ4n) is 2.93. The second-order valence-electron chi connectivity index (χ2n) is 5.06. The summed E-state index contributed by atoms with van der Waals surface area (Å²) in [7, 11) is 0. The van der Waals surface area contributed by atoms with Crippen LogP contribution in [0, 0.1) is 5.92 Å². The van der Waals surface area contributed by atoms with Gasteiger partial charge in [-0.3, -0.25) is 0 Å². The molecule has 0 N–H and O–H groups in total. The molecule has 0 aromatic heterocycles. The molecule has 1 aromatic carbocycles. The highest BCUT2D eigenvalue weighted by Gasteiger charge is 2.21. The van der Waals surface area contributed by atoms with Gasteiger partial charge in [-0.2, -0.15) is 0 Å². The molecule has 16 heavy (non-hydrogen) atoms. The molecule has 0 heterocycles. The van der Waals surface area contributed by atoms with Crippen molar-refractivity contribution in [2.45, 2.75) is 51.4 Å². The SMILES string of the molecule is CCCC1CCC(c2ccc(Cl)cc2)CC1. The largest absolute Gasteiger partial charge is 0.0843 e. The van der Waals surface area contributed by atoms with Crippen molar-refractivity contribution >= 4 is 11.6 Å². The van der Waals surface area contributed by atoms with E-state index in [0.717, 1.165) is 16.9 Å². The summed E-state index contributed by atoms with van der Waals surface area (Å²) < 4.78 is 0. The van der Waals surface area contributed by atoms with Crippen LogP contribution in [0.1, 0.15) is 56.9 Å². The standard InChI is InChI=1S/C15H21Cl/c1-2-3-12-4-6-13(7-5-12)14-8-10-15(16)11-9-14/h8-13H,2-7H2,1H3. The van der Waals surface area contributed by atoms with Crippen LogP contribution in [0.15, 0.2) is 24.3 Å². The number of hydrogen-bond donors (Lipinski definition) is 0. The van der Waals surface area contributed by atoms with Crippen LogP contribution in [0.25, 0.3) is 0 Å². The lowest BCUT2D eigenvalue weighted by molar-refractivity contribution is 0.308. The molecule has 1 aliphatic rings. The highest BCUT2D eigenvalue weighted by atomic mass is 35.5. The fourth-order valence-corrected chi connectivity index (χ4v) is 3.05. The number of halogens is 1. The lowest BCUT2D eigenvalue weighted by Gasteiger charge is -2.28. The van der Waals surface area contributed by atoms with Crippen molar-refractivity contribution in [3.8, 4) is 0 Å². The molecule has 0 amide bonds. The molecule has 0 saturated heterocycles. The Labute approximate surface area is 104 Å². The topological polar surface area (TPSA) is 0 Å². The Kier molecular flexibility index (Phi) is 4.29. The molecule has 0 spiro atoms. The zero-order valence-electron chi connectivity index (χ0n) is 10.1. The van der Waals surface area contributed by atoms with Gasteiger partial charge in [-0.15, -0.1) is 0 Å². The molecule has 1 fully saturated rings. The van der Waals surface area contributed by atoms with Gasteiger partial charge in [0.25, 0.3) is 0 Å². The lowest BCUT2D eigenvalue weighted by Crippen LogP contribution is -2.13. The van der Waals surface area contributed by atoms with E-state index in [0.29, 0.717) is 0 Å². The maximum Gasteiger partial charge on any atom is 0.0406 e. The van der Waals surface area contributed by atoms with Crippen molar-refractivity contribution in [1.82, 2.24) is 0 Å². The van der Waals surface area contributed by atoms with E-state index in [9.17, 15) is 0 Å². The summed E-state index contributed by atoms with van der Waals surface area (Å²) in [5.41, 5.74) is 1.49. The Balaban J connectivity index is 1.91. The van der Waals surface area contributed by atoms with Gasteiger partial charge in [0.15, 0.2) is 0 Å². The van der Waals surface area contributed by atoms with E-state index < -0.39 is 0 Å². The number of hydrogen-bond acceptors (Lipinski definition) is 0. The van der Waals surface area contributed by atoms with E-state index >= 15 is 0 Å². The first-order chi connectivity index (χ1) is 7.79. The van der Waals surface area contributed by atoms with Gasteiger partial charge >= 0.3 is 0 Å². The first-order valence-corrected chi connectivity index (χ1v) is 6.93. The first kappa shape index (κ1) is 12.0. The van der Waals surface area contributed by atoms with E-state index in [1.807, 2.05) is 12.1 Å². The second-order valence-corrected chi connectivity index (χ2v) is 5.49. The van der Waals surface area contributed by atoms with Gasteiger partial charge in [-0.05, 0) is 55.2 Å². The quantitative estimate of drug-likeness (QED) is 0.658. The molecule has 1 aromatic rings. The molecule has 0 unspecified atom stereocenters. The van der Waals surface area contributed by atoms with Crippen LogP contribution in [-0.2, 0) is 0 Å². The first-order valence-electron chi connectivity index (χ1n) is 6.55. The monoisotopic (exact) mass is 236 g/mol. The minimum atomic E-state index is 0.783. The summed E-state index contributed by atoms with van der Waals surface area (Å²) in [4.78, 5) is 0. The van der Waals surface area contributed by atoms with Crippen LogP contribution in [0.4, 0.5) is 0 Å². The lowest BCUT2D eigenvalue weighted by atomic mass is 9.77. The Bertz CT molecular complexity index is 307. The second kappa shape index (κ2) is 5.72. The average Bonchev–Trinajstić information content (AvgIpc) is 2.32. The summed E-state index contributed by atoms with van der Waals surface area (Å²) in [6, 6.07) is 8.45. The molecular weight excluding hydrogens is 216 g/mol. The maximum absolute atomic E-state index is 5.92. The molecule has 1 heteroatoms. The van der Waals surface area contributed by atoms with Gasteiger partial charge in [-0.1, -0.05) is 43.5 Å².